The number of nitrogens with one attached hydrogen (secondary N) is 1. The normalized spacial score (nSPS) is 21.0. The predicted octanol–water partition coefficient (Wildman–Crippen LogP) is 1.71. The Morgan fingerprint density at radius 3 is 2.71 bits per heavy atom. The van der Waals surface area contributed by atoms with Crippen molar-refractivity contribution in [3.05, 3.63) is 24.3 Å². The van der Waals surface area contributed by atoms with E-state index in [-0.39, 0.29) is 18.1 Å². The number of carbonyl (C=O) groups excluding carboxylic acids is 1. The monoisotopic (exact) mass is 311 g/mol. The second-order valence-electron chi connectivity index (χ2n) is 4.91. The Hall–Kier alpha value is -1.40. The SMILES string of the molecule is COc1ccccc1OCC(=O)NCC1(OC)CCSC1. The number of carbonyl (C=O) groups is 1. The lowest BCUT2D eigenvalue weighted by molar-refractivity contribution is -0.124. The van der Waals surface area contributed by atoms with E-state index >= 15 is 0 Å². The number of hydrogen-bond acceptors (Lipinski definition) is 5. The molecule has 0 radical (unpaired) electrons. The molecule has 0 aromatic heterocycles. The Morgan fingerprint density at radius 2 is 2.10 bits per heavy atom. The molecule has 0 saturated carbocycles. The Bertz CT molecular complexity index is 474. The number of para-hydroxylation sites is 2. The van der Waals surface area contributed by atoms with Gasteiger partial charge in [-0.25, -0.2) is 0 Å². The molecule has 0 bridgehead atoms. The molecule has 1 aromatic carbocycles. The summed E-state index contributed by atoms with van der Waals surface area (Å²) in [6, 6.07) is 7.26. The third-order valence-electron chi connectivity index (χ3n) is 3.54. The van der Waals surface area contributed by atoms with Crippen LogP contribution in [-0.2, 0) is 9.53 Å². The Balaban J connectivity index is 1.79. The van der Waals surface area contributed by atoms with Gasteiger partial charge in [-0.05, 0) is 24.3 Å². The number of amides is 1. The maximum absolute atomic E-state index is 11.9. The zero-order chi connectivity index (χ0) is 15.1. The van der Waals surface area contributed by atoms with Crippen molar-refractivity contribution in [2.24, 2.45) is 0 Å². The Kier molecular flexibility index (Phi) is 5.76. The van der Waals surface area contributed by atoms with Crippen LogP contribution in [-0.4, -0.2) is 50.4 Å². The standard InChI is InChI=1S/C15H21NO4S/c1-18-12-5-3-4-6-13(12)20-9-14(17)16-10-15(19-2)7-8-21-11-15/h3-6H,7-11H2,1-2H3,(H,16,17). The van der Waals surface area contributed by atoms with Crippen molar-refractivity contribution in [3.63, 3.8) is 0 Å². The second kappa shape index (κ2) is 7.56. The summed E-state index contributed by atoms with van der Waals surface area (Å²) in [5.74, 6) is 3.01. The highest BCUT2D eigenvalue weighted by Crippen LogP contribution is 2.30. The van der Waals surface area contributed by atoms with E-state index in [9.17, 15) is 4.79 Å². The molecule has 0 spiro atoms. The van der Waals surface area contributed by atoms with Crippen LogP contribution in [0.15, 0.2) is 24.3 Å². The molecule has 1 fully saturated rings. The van der Waals surface area contributed by atoms with Gasteiger partial charge in [0, 0.05) is 19.4 Å². The van der Waals surface area contributed by atoms with E-state index in [4.69, 9.17) is 14.2 Å². The van der Waals surface area contributed by atoms with E-state index in [0.29, 0.717) is 18.0 Å². The van der Waals surface area contributed by atoms with Crippen LogP contribution < -0.4 is 14.8 Å². The van der Waals surface area contributed by atoms with Crippen LogP contribution in [0.1, 0.15) is 6.42 Å². The summed E-state index contributed by atoms with van der Waals surface area (Å²) in [5, 5.41) is 2.88. The summed E-state index contributed by atoms with van der Waals surface area (Å²) < 4.78 is 16.2. The summed E-state index contributed by atoms with van der Waals surface area (Å²) >= 11 is 1.85. The lowest BCUT2D eigenvalue weighted by Gasteiger charge is -2.26. The van der Waals surface area contributed by atoms with Crippen molar-refractivity contribution in [2.45, 2.75) is 12.0 Å². The molecule has 1 saturated heterocycles. The number of thioether (sulfide) groups is 1. The van der Waals surface area contributed by atoms with Gasteiger partial charge in [0.25, 0.3) is 5.91 Å². The van der Waals surface area contributed by atoms with Gasteiger partial charge in [0.15, 0.2) is 18.1 Å². The highest BCUT2D eigenvalue weighted by atomic mass is 32.2. The number of hydrogen-bond donors (Lipinski definition) is 1. The van der Waals surface area contributed by atoms with E-state index in [1.54, 1.807) is 26.4 Å². The molecule has 21 heavy (non-hydrogen) atoms. The zero-order valence-corrected chi connectivity index (χ0v) is 13.2. The minimum Gasteiger partial charge on any atom is -0.493 e. The highest BCUT2D eigenvalue weighted by Gasteiger charge is 2.34. The van der Waals surface area contributed by atoms with Crippen LogP contribution in [0.3, 0.4) is 0 Å². The van der Waals surface area contributed by atoms with Gasteiger partial charge in [-0.2, -0.15) is 11.8 Å². The van der Waals surface area contributed by atoms with E-state index < -0.39 is 0 Å². The highest BCUT2D eigenvalue weighted by molar-refractivity contribution is 7.99. The van der Waals surface area contributed by atoms with Crippen LogP contribution in [0.2, 0.25) is 0 Å². The molecular formula is C15H21NO4S. The van der Waals surface area contributed by atoms with Crippen LogP contribution >= 0.6 is 11.8 Å². The lowest BCUT2D eigenvalue weighted by atomic mass is 10.0. The molecule has 1 atom stereocenters. The van der Waals surface area contributed by atoms with E-state index in [1.165, 1.54) is 0 Å². The fourth-order valence-corrected chi connectivity index (χ4v) is 3.55. The van der Waals surface area contributed by atoms with Crippen molar-refractivity contribution >= 4 is 17.7 Å². The predicted molar refractivity (Wildman–Crippen MR) is 83.2 cm³/mol. The lowest BCUT2D eigenvalue weighted by Crippen LogP contribution is -2.45. The van der Waals surface area contributed by atoms with E-state index in [2.05, 4.69) is 5.32 Å². The first-order valence-electron chi connectivity index (χ1n) is 6.84. The molecule has 1 amide bonds. The van der Waals surface area contributed by atoms with Gasteiger partial charge in [-0.15, -0.1) is 0 Å². The summed E-state index contributed by atoms with van der Waals surface area (Å²) in [6.07, 6.45) is 0.960. The smallest absolute Gasteiger partial charge is 0.258 e. The molecule has 1 unspecified atom stereocenters. The topological polar surface area (TPSA) is 56.8 Å². The average Bonchev–Trinajstić information content (AvgIpc) is 3.00. The molecule has 2 rings (SSSR count). The van der Waals surface area contributed by atoms with E-state index in [1.807, 2.05) is 23.9 Å². The molecule has 116 valence electrons. The molecule has 1 aromatic rings. The summed E-state index contributed by atoms with van der Waals surface area (Å²) in [6.45, 7) is 0.484. The van der Waals surface area contributed by atoms with Gasteiger partial charge in [-0.3, -0.25) is 4.79 Å². The molecule has 0 aliphatic carbocycles. The van der Waals surface area contributed by atoms with Gasteiger partial charge in [0.2, 0.25) is 0 Å². The quantitative estimate of drug-likeness (QED) is 0.831. The summed E-state index contributed by atoms with van der Waals surface area (Å²) in [5.41, 5.74) is -0.231. The van der Waals surface area contributed by atoms with Crippen molar-refractivity contribution < 1.29 is 19.0 Å². The first-order valence-corrected chi connectivity index (χ1v) is 8.00. The van der Waals surface area contributed by atoms with Crippen molar-refractivity contribution in [2.75, 3.05) is 38.9 Å². The van der Waals surface area contributed by atoms with Crippen LogP contribution in [0, 0.1) is 0 Å². The largest absolute Gasteiger partial charge is 0.493 e. The molecule has 6 heteroatoms. The van der Waals surface area contributed by atoms with E-state index in [0.717, 1.165) is 17.9 Å². The third kappa shape index (κ3) is 4.28. The molecule has 5 nitrogen and oxygen atoms in total. The van der Waals surface area contributed by atoms with Gasteiger partial charge in [-0.1, -0.05) is 12.1 Å². The Morgan fingerprint density at radius 1 is 1.33 bits per heavy atom. The Labute approximate surface area is 129 Å². The first-order chi connectivity index (χ1) is 10.2. The minimum atomic E-state index is -0.231. The van der Waals surface area contributed by atoms with Crippen LogP contribution in [0.4, 0.5) is 0 Å². The molecule has 1 aliphatic heterocycles. The minimum absolute atomic E-state index is 0.0344. The summed E-state index contributed by atoms with van der Waals surface area (Å²) in [7, 11) is 3.27. The number of benzene rings is 1. The van der Waals surface area contributed by atoms with Crippen LogP contribution in [0.25, 0.3) is 0 Å². The second-order valence-corrected chi connectivity index (χ2v) is 6.01. The average molecular weight is 311 g/mol. The fraction of sp³-hybridized carbons (Fsp3) is 0.533. The molecule has 1 aliphatic rings. The van der Waals surface area contributed by atoms with Gasteiger partial charge in [0.05, 0.1) is 12.7 Å². The van der Waals surface area contributed by atoms with Gasteiger partial charge in [0.1, 0.15) is 0 Å². The summed E-state index contributed by atoms with van der Waals surface area (Å²) in [4.78, 5) is 11.9. The van der Waals surface area contributed by atoms with Crippen molar-refractivity contribution in [1.29, 1.82) is 0 Å². The first kappa shape index (κ1) is 16.0. The van der Waals surface area contributed by atoms with Crippen molar-refractivity contribution in [1.82, 2.24) is 5.32 Å². The number of rotatable bonds is 7. The number of ether oxygens (including phenoxy) is 3. The van der Waals surface area contributed by atoms with Crippen molar-refractivity contribution in [3.8, 4) is 11.5 Å². The zero-order valence-electron chi connectivity index (χ0n) is 12.4. The fourth-order valence-electron chi connectivity index (χ4n) is 2.15. The molecule has 1 heterocycles. The van der Waals surface area contributed by atoms with Crippen LogP contribution in [0.5, 0.6) is 11.5 Å². The maximum Gasteiger partial charge on any atom is 0.258 e. The van der Waals surface area contributed by atoms with Gasteiger partial charge >= 0.3 is 0 Å². The van der Waals surface area contributed by atoms with Gasteiger partial charge < -0.3 is 19.5 Å². The third-order valence-corrected chi connectivity index (χ3v) is 4.76. The molecular weight excluding hydrogens is 290 g/mol. The maximum atomic E-state index is 11.9. The number of methoxy groups -OCH3 is 2. The molecule has 1 N–H and O–H groups in total.